The molecule has 0 aromatic rings. The Balaban J connectivity index is 1.83. The third-order valence-corrected chi connectivity index (χ3v) is 5.00. The lowest BCUT2D eigenvalue weighted by atomic mass is 9.97. The molecule has 2 rings (SSSR count). The van der Waals surface area contributed by atoms with E-state index in [4.69, 9.17) is 5.14 Å². The van der Waals surface area contributed by atoms with E-state index in [9.17, 15) is 8.42 Å². The Bertz CT molecular complexity index is 344. The molecule has 0 spiro atoms. The van der Waals surface area contributed by atoms with E-state index in [0.717, 1.165) is 6.54 Å². The smallest absolute Gasteiger partial charge is 0.209 e. The Labute approximate surface area is 104 Å². The van der Waals surface area contributed by atoms with Crippen molar-refractivity contribution in [1.29, 1.82) is 0 Å². The van der Waals surface area contributed by atoms with E-state index in [1.54, 1.807) is 0 Å². The van der Waals surface area contributed by atoms with Gasteiger partial charge in [-0.3, -0.25) is 4.90 Å². The van der Waals surface area contributed by atoms with E-state index in [1.807, 2.05) is 7.05 Å². The van der Waals surface area contributed by atoms with Crippen LogP contribution >= 0.6 is 0 Å². The van der Waals surface area contributed by atoms with Crippen LogP contribution in [0.25, 0.3) is 0 Å². The molecule has 2 fully saturated rings. The number of hydrogen-bond donors (Lipinski definition) is 2. The van der Waals surface area contributed by atoms with Gasteiger partial charge in [-0.2, -0.15) is 0 Å². The van der Waals surface area contributed by atoms with Crippen molar-refractivity contribution in [2.24, 2.45) is 5.14 Å². The van der Waals surface area contributed by atoms with Crippen LogP contribution in [0.1, 0.15) is 32.1 Å². The number of nitrogens with zero attached hydrogens (tertiary/aromatic N) is 1. The van der Waals surface area contributed by atoms with Gasteiger partial charge in [-0.05, 0) is 45.7 Å². The Hall–Kier alpha value is -0.170. The number of rotatable bonds is 5. The average molecular weight is 261 g/mol. The predicted octanol–water partition coefficient (Wildman–Crippen LogP) is -0.120. The van der Waals surface area contributed by atoms with E-state index in [1.165, 1.54) is 25.7 Å². The van der Waals surface area contributed by atoms with Crippen LogP contribution in [0.2, 0.25) is 0 Å². The molecule has 2 bridgehead atoms. The summed E-state index contributed by atoms with van der Waals surface area (Å²) in [7, 11) is -1.27. The molecule has 0 saturated carbocycles. The summed E-state index contributed by atoms with van der Waals surface area (Å²) in [4.78, 5) is 2.50. The number of piperidine rings is 1. The summed E-state index contributed by atoms with van der Waals surface area (Å²) in [6.07, 6.45) is 5.58. The highest BCUT2D eigenvalue weighted by molar-refractivity contribution is 7.89. The van der Waals surface area contributed by atoms with Gasteiger partial charge < -0.3 is 5.32 Å². The highest BCUT2D eigenvalue weighted by atomic mass is 32.2. The molecule has 0 aromatic carbocycles. The van der Waals surface area contributed by atoms with Crippen molar-refractivity contribution < 1.29 is 8.42 Å². The van der Waals surface area contributed by atoms with Crippen LogP contribution in [0.5, 0.6) is 0 Å². The van der Waals surface area contributed by atoms with E-state index >= 15 is 0 Å². The molecule has 3 N–H and O–H groups in total. The fourth-order valence-corrected chi connectivity index (χ4v) is 3.85. The first-order valence-corrected chi connectivity index (χ1v) is 8.14. The molecule has 0 aliphatic carbocycles. The summed E-state index contributed by atoms with van der Waals surface area (Å²) < 4.78 is 21.8. The maximum absolute atomic E-state index is 10.9. The van der Waals surface area contributed by atoms with Crippen molar-refractivity contribution in [2.75, 3.05) is 19.3 Å². The van der Waals surface area contributed by atoms with E-state index < -0.39 is 10.0 Å². The minimum absolute atomic E-state index is 0.110. The molecule has 2 heterocycles. The van der Waals surface area contributed by atoms with Crippen LogP contribution in [0, 0.1) is 0 Å². The second kappa shape index (κ2) is 5.22. The van der Waals surface area contributed by atoms with Crippen LogP contribution in [0.3, 0.4) is 0 Å². The maximum atomic E-state index is 10.9. The number of fused-ring (bicyclic) bond motifs is 2. The third-order valence-electron chi connectivity index (χ3n) is 4.14. The van der Waals surface area contributed by atoms with Crippen LogP contribution in [-0.2, 0) is 10.0 Å². The predicted molar refractivity (Wildman–Crippen MR) is 68.2 cm³/mol. The van der Waals surface area contributed by atoms with Crippen LogP contribution in [0.4, 0.5) is 0 Å². The lowest BCUT2D eigenvalue weighted by Gasteiger charge is -2.38. The topological polar surface area (TPSA) is 75.4 Å². The standard InChI is InChI=1S/C11H23N3O2S/c1-13-9-7-10-3-4-11(8-9)14(10)5-2-6-17(12,15)16/h9-11,13H,2-8H2,1H3,(H2,12,15,16). The highest BCUT2D eigenvalue weighted by Gasteiger charge is 2.39. The summed E-state index contributed by atoms with van der Waals surface area (Å²) in [5, 5.41) is 8.39. The number of primary sulfonamides is 1. The van der Waals surface area contributed by atoms with Gasteiger partial charge in [0.2, 0.25) is 10.0 Å². The molecule has 100 valence electrons. The van der Waals surface area contributed by atoms with E-state index in [-0.39, 0.29) is 5.75 Å². The zero-order chi connectivity index (χ0) is 12.5. The number of sulfonamides is 1. The van der Waals surface area contributed by atoms with Crippen molar-refractivity contribution in [1.82, 2.24) is 10.2 Å². The number of hydrogen-bond acceptors (Lipinski definition) is 4. The van der Waals surface area contributed by atoms with Crippen LogP contribution in [0.15, 0.2) is 0 Å². The van der Waals surface area contributed by atoms with Gasteiger partial charge in [0.1, 0.15) is 0 Å². The molecule has 2 aliphatic rings. The first-order chi connectivity index (χ1) is 7.99. The first-order valence-electron chi connectivity index (χ1n) is 6.43. The van der Waals surface area contributed by atoms with Gasteiger partial charge in [0.25, 0.3) is 0 Å². The molecule has 0 radical (unpaired) electrons. The average Bonchev–Trinajstić information content (AvgIpc) is 2.49. The summed E-state index contributed by atoms with van der Waals surface area (Å²) >= 11 is 0. The zero-order valence-corrected chi connectivity index (χ0v) is 11.2. The summed E-state index contributed by atoms with van der Waals surface area (Å²) in [6, 6.07) is 1.93. The largest absolute Gasteiger partial charge is 0.317 e. The summed E-state index contributed by atoms with van der Waals surface area (Å²) in [6.45, 7) is 0.877. The van der Waals surface area contributed by atoms with Crippen molar-refractivity contribution in [2.45, 2.75) is 50.2 Å². The summed E-state index contributed by atoms with van der Waals surface area (Å²) in [5.41, 5.74) is 0. The Morgan fingerprint density at radius 2 is 1.88 bits per heavy atom. The lowest BCUT2D eigenvalue weighted by Crippen LogP contribution is -2.48. The normalized spacial score (nSPS) is 34.1. The van der Waals surface area contributed by atoms with Gasteiger partial charge in [0, 0.05) is 18.1 Å². The van der Waals surface area contributed by atoms with Crippen molar-refractivity contribution in [3.8, 4) is 0 Å². The van der Waals surface area contributed by atoms with Gasteiger partial charge in [-0.25, -0.2) is 13.6 Å². The molecular formula is C11H23N3O2S. The van der Waals surface area contributed by atoms with E-state index in [2.05, 4.69) is 10.2 Å². The van der Waals surface area contributed by atoms with E-state index in [0.29, 0.717) is 24.5 Å². The molecule has 2 saturated heterocycles. The minimum Gasteiger partial charge on any atom is -0.317 e. The second-order valence-electron chi connectivity index (χ2n) is 5.30. The molecule has 6 heteroatoms. The highest BCUT2D eigenvalue weighted by Crippen LogP contribution is 2.35. The Morgan fingerprint density at radius 3 is 2.35 bits per heavy atom. The third kappa shape index (κ3) is 3.40. The fraction of sp³-hybridized carbons (Fsp3) is 1.00. The van der Waals surface area contributed by atoms with Crippen molar-refractivity contribution >= 4 is 10.0 Å². The second-order valence-corrected chi connectivity index (χ2v) is 7.03. The van der Waals surface area contributed by atoms with Crippen LogP contribution < -0.4 is 10.5 Å². The molecule has 0 amide bonds. The molecule has 17 heavy (non-hydrogen) atoms. The number of nitrogens with two attached hydrogens (primary N) is 1. The van der Waals surface area contributed by atoms with Gasteiger partial charge in [-0.1, -0.05) is 0 Å². The minimum atomic E-state index is -3.29. The van der Waals surface area contributed by atoms with Gasteiger partial charge in [0.15, 0.2) is 0 Å². The van der Waals surface area contributed by atoms with Gasteiger partial charge >= 0.3 is 0 Å². The first kappa shape index (κ1) is 13.3. The van der Waals surface area contributed by atoms with Gasteiger partial charge in [0.05, 0.1) is 5.75 Å². The molecule has 0 aromatic heterocycles. The number of nitrogens with one attached hydrogen (secondary N) is 1. The Morgan fingerprint density at radius 1 is 1.29 bits per heavy atom. The quantitative estimate of drug-likeness (QED) is 0.723. The maximum Gasteiger partial charge on any atom is 0.209 e. The van der Waals surface area contributed by atoms with Gasteiger partial charge in [-0.15, -0.1) is 0 Å². The molecule has 5 nitrogen and oxygen atoms in total. The lowest BCUT2D eigenvalue weighted by molar-refractivity contribution is 0.120. The zero-order valence-electron chi connectivity index (χ0n) is 10.4. The molecular weight excluding hydrogens is 238 g/mol. The van der Waals surface area contributed by atoms with Crippen LogP contribution in [-0.4, -0.2) is 50.8 Å². The summed E-state index contributed by atoms with van der Waals surface area (Å²) in [5.74, 6) is 0.110. The van der Waals surface area contributed by atoms with Crippen molar-refractivity contribution in [3.05, 3.63) is 0 Å². The SMILES string of the molecule is CNC1CC2CCC(C1)N2CCCS(N)(=O)=O. The molecule has 2 unspecified atom stereocenters. The fourth-order valence-electron chi connectivity index (χ4n) is 3.32. The Kier molecular flexibility index (Phi) is 4.07. The van der Waals surface area contributed by atoms with Crippen molar-refractivity contribution in [3.63, 3.8) is 0 Å². The molecule has 2 aliphatic heterocycles. The monoisotopic (exact) mass is 261 g/mol. The molecule has 2 atom stereocenters.